The van der Waals surface area contributed by atoms with E-state index >= 15 is 0 Å². The first kappa shape index (κ1) is 8.12. The first-order valence-electron chi connectivity index (χ1n) is 3.89. The van der Waals surface area contributed by atoms with E-state index in [-0.39, 0.29) is 0 Å². The van der Waals surface area contributed by atoms with Crippen molar-refractivity contribution in [2.45, 2.75) is 26.8 Å². The Bertz CT molecular complexity index is 344. The van der Waals surface area contributed by atoms with E-state index in [9.17, 15) is 0 Å². The van der Waals surface area contributed by atoms with Gasteiger partial charge in [0.05, 0.1) is 0 Å². The highest BCUT2D eigenvalue weighted by molar-refractivity contribution is 5.19. The Morgan fingerprint density at radius 1 is 1.36 bits per heavy atom. The fraction of sp³-hybridized carbons (Fsp3) is 0.400. The molecule has 0 N–H and O–H groups in total. The highest BCUT2D eigenvalue weighted by atomic mass is 15.0. The predicted molar refractivity (Wildman–Crippen MR) is 49.8 cm³/mol. The van der Waals surface area contributed by atoms with Gasteiger partial charge in [-0.15, -0.1) is 0 Å². The van der Waals surface area contributed by atoms with Crippen LogP contribution in [-0.2, 0) is 0 Å². The zero-order valence-electron chi connectivity index (χ0n) is 7.52. The largest absolute Gasteiger partial charge is 0.340 e. The van der Waals surface area contributed by atoms with Crippen molar-refractivity contribution < 1.29 is 0 Å². The van der Waals surface area contributed by atoms with Crippen LogP contribution in [0.5, 0.6) is 0 Å². The molecule has 0 aliphatic heterocycles. The summed E-state index contributed by atoms with van der Waals surface area (Å²) < 4.78 is 2.15. The van der Waals surface area contributed by atoms with Crippen LogP contribution in [0, 0.1) is 6.92 Å². The second-order valence-electron chi connectivity index (χ2n) is 3.23. The van der Waals surface area contributed by atoms with Crippen LogP contribution in [-0.4, -0.2) is 4.57 Å². The van der Waals surface area contributed by atoms with Crippen LogP contribution in [0.1, 0.15) is 25.5 Å². The normalized spacial score (nSPS) is 10.9. The summed E-state index contributed by atoms with van der Waals surface area (Å²) in [6.45, 7) is 14.3. The minimum atomic E-state index is 0.462. The molecule has 1 aromatic rings. The summed E-state index contributed by atoms with van der Waals surface area (Å²) >= 11 is 0. The van der Waals surface area contributed by atoms with E-state index in [2.05, 4.69) is 44.6 Å². The zero-order valence-corrected chi connectivity index (χ0v) is 7.52. The molecule has 0 bridgehead atoms. The van der Waals surface area contributed by atoms with E-state index in [4.69, 9.17) is 0 Å². The number of aryl methyl sites for hydroxylation is 1. The lowest BCUT2D eigenvalue weighted by Crippen LogP contribution is -2.27. The molecule has 0 radical (unpaired) electrons. The average molecular weight is 149 g/mol. The number of hydrogen-bond donors (Lipinski definition) is 0. The molecule has 1 heterocycles. The Labute approximate surface area is 67.7 Å². The number of aromatic nitrogens is 1. The third-order valence-electron chi connectivity index (χ3n) is 1.95. The SMILES string of the molecule is C=c1cc(C)c(=C)n1C(C)C. The van der Waals surface area contributed by atoms with E-state index in [1.807, 2.05) is 0 Å². The maximum atomic E-state index is 3.99. The molecule has 1 heteroatoms. The van der Waals surface area contributed by atoms with Gasteiger partial charge in [0, 0.05) is 16.7 Å². The van der Waals surface area contributed by atoms with Gasteiger partial charge in [-0.05, 0) is 32.4 Å². The van der Waals surface area contributed by atoms with Gasteiger partial charge < -0.3 is 4.57 Å². The second-order valence-corrected chi connectivity index (χ2v) is 3.23. The molecule has 0 aliphatic rings. The van der Waals surface area contributed by atoms with Crippen molar-refractivity contribution in [3.63, 3.8) is 0 Å². The molecule has 0 amide bonds. The van der Waals surface area contributed by atoms with Crippen LogP contribution in [0.2, 0.25) is 0 Å². The zero-order chi connectivity index (χ0) is 8.59. The van der Waals surface area contributed by atoms with E-state index in [0.717, 1.165) is 10.7 Å². The first-order chi connectivity index (χ1) is 5.04. The van der Waals surface area contributed by atoms with Gasteiger partial charge in [-0.3, -0.25) is 0 Å². The van der Waals surface area contributed by atoms with Crippen LogP contribution >= 0.6 is 0 Å². The number of nitrogens with zero attached hydrogens (tertiary/aromatic N) is 1. The van der Waals surface area contributed by atoms with Crippen LogP contribution in [0.4, 0.5) is 0 Å². The topological polar surface area (TPSA) is 4.93 Å². The molecular weight excluding hydrogens is 134 g/mol. The molecule has 60 valence electrons. The number of rotatable bonds is 1. The van der Waals surface area contributed by atoms with Gasteiger partial charge in [-0.1, -0.05) is 13.2 Å². The Morgan fingerprint density at radius 2 is 1.91 bits per heavy atom. The monoisotopic (exact) mass is 149 g/mol. The Morgan fingerprint density at radius 3 is 2.09 bits per heavy atom. The molecular formula is C10H15N. The highest BCUT2D eigenvalue weighted by Gasteiger charge is 2.00. The Balaban J connectivity index is 3.47. The molecule has 0 aliphatic carbocycles. The fourth-order valence-corrected chi connectivity index (χ4v) is 1.41. The van der Waals surface area contributed by atoms with E-state index in [1.54, 1.807) is 0 Å². The van der Waals surface area contributed by atoms with Gasteiger partial charge in [-0.25, -0.2) is 0 Å². The molecule has 0 unspecified atom stereocenters. The van der Waals surface area contributed by atoms with Crippen LogP contribution in [0.25, 0.3) is 13.2 Å². The van der Waals surface area contributed by atoms with Crippen molar-refractivity contribution in [2.75, 3.05) is 0 Å². The van der Waals surface area contributed by atoms with Gasteiger partial charge in [0.2, 0.25) is 0 Å². The van der Waals surface area contributed by atoms with Crippen molar-refractivity contribution in [1.29, 1.82) is 0 Å². The minimum absolute atomic E-state index is 0.462. The maximum absolute atomic E-state index is 3.99. The van der Waals surface area contributed by atoms with Crippen LogP contribution in [0.3, 0.4) is 0 Å². The molecule has 0 saturated carbocycles. The summed E-state index contributed by atoms with van der Waals surface area (Å²) in [5, 5.41) is 2.15. The lowest BCUT2D eigenvalue weighted by molar-refractivity contribution is 0.575. The van der Waals surface area contributed by atoms with Gasteiger partial charge in [0.25, 0.3) is 0 Å². The Kier molecular flexibility index (Phi) is 1.90. The predicted octanol–water partition coefficient (Wildman–Crippen LogP) is 1.20. The summed E-state index contributed by atoms with van der Waals surface area (Å²) in [4.78, 5) is 0. The molecule has 1 rings (SSSR count). The van der Waals surface area contributed by atoms with Crippen molar-refractivity contribution >= 4 is 13.2 Å². The summed E-state index contributed by atoms with van der Waals surface area (Å²) in [7, 11) is 0. The molecule has 0 atom stereocenters. The van der Waals surface area contributed by atoms with E-state index < -0.39 is 0 Å². The lowest BCUT2D eigenvalue weighted by Gasteiger charge is -2.07. The third kappa shape index (κ3) is 1.23. The maximum Gasteiger partial charge on any atom is 0.0370 e. The molecule has 0 fully saturated rings. The fourth-order valence-electron chi connectivity index (χ4n) is 1.41. The van der Waals surface area contributed by atoms with E-state index in [0.29, 0.717) is 6.04 Å². The molecule has 0 saturated heterocycles. The summed E-state index contributed by atoms with van der Waals surface area (Å²) in [6.07, 6.45) is 0. The average Bonchev–Trinajstić information content (AvgIpc) is 2.07. The van der Waals surface area contributed by atoms with Gasteiger partial charge in [0.15, 0.2) is 0 Å². The standard InChI is InChI=1S/C10H15N/c1-7(2)11-9(4)6-8(3)10(11)5/h6-7H,4-5H2,1-3H3. The van der Waals surface area contributed by atoms with Crippen LogP contribution < -0.4 is 10.7 Å². The molecule has 0 aromatic carbocycles. The second kappa shape index (κ2) is 2.57. The van der Waals surface area contributed by atoms with E-state index in [1.165, 1.54) is 5.56 Å². The van der Waals surface area contributed by atoms with Crippen molar-refractivity contribution in [1.82, 2.24) is 4.57 Å². The van der Waals surface area contributed by atoms with Crippen molar-refractivity contribution in [3.05, 3.63) is 22.3 Å². The summed E-state index contributed by atoms with van der Waals surface area (Å²) in [5.74, 6) is 0. The molecule has 11 heavy (non-hydrogen) atoms. The lowest BCUT2D eigenvalue weighted by atomic mass is 10.3. The number of hydrogen-bond acceptors (Lipinski definition) is 0. The summed E-state index contributed by atoms with van der Waals surface area (Å²) in [5.41, 5.74) is 1.23. The highest BCUT2D eigenvalue weighted by Crippen LogP contribution is 1.96. The smallest absolute Gasteiger partial charge is 0.0370 e. The van der Waals surface area contributed by atoms with Gasteiger partial charge >= 0.3 is 0 Å². The molecule has 1 aromatic heterocycles. The van der Waals surface area contributed by atoms with Gasteiger partial charge in [-0.2, -0.15) is 0 Å². The van der Waals surface area contributed by atoms with Crippen LogP contribution in [0.15, 0.2) is 6.07 Å². The third-order valence-corrected chi connectivity index (χ3v) is 1.95. The first-order valence-corrected chi connectivity index (χ1v) is 3.89. The quantitative estimate of drug-likeness (QED) is 0.565. The Hall–Kier alpha value is -0.980. The van der Waals surface area contributed by atoms with Crippen molar-refractivity contribution in [2.24, 2.45) is 0 Å². The summed E-state index contributed by atoms with van der Waals surface area (Å²) in [6, 6.07) is 2.53. The minimum Gasteiger partial charge on any atom is -0.340 e. The van der Waals surface area contributed by atoms with Crippen molar-refractivity contribution in [3.8, 4) is 0 Å². The molecule has 1 nitrogen and oxygen atoms in total. The van der Waals surface area contributed by atoms with Gasteiger partial charge in [0.1, 0.15) is 0 Å². The molecule has 0 spiro atoms.